The van der Waals surface area contributed by atoms with Crippen molar-refractivity contribution in [3.8, 4) is 5.75 Å². The Hall–Kier alpha value is -1.03. The second kappa shape index (κ2) is 3.39. The van der Waals surface area contributed by atoms with Gasteiger partial charge in [-0.25, -0.2) is 4.39 Å². The highest BCUT2D eigenvalue weighted by molar-refractivity contribution is 6.45. The number of methoxy groups -OCH3 is 1. The monoisotopic (exact) mass is 154 g/mol. The SMILES string of the molecule is COc1ccc(BO)c(F)c1. The van der Waals surface area contributed by atoms with E-state index in [9.17, 15) is 4.39 Å². The topological polar surface area (TPSA) is 29.5 Å². The van der Waals surface area contributed by atoms with Crippen molar-refractivity contribution < 1.29 is 14.2 Å². The van der Waals surface area contributed by atoms with Crippen LogP contribution in [-0.2, 0) is 0 Å². The predicted molar refractivity (Wildman–Crippen MR) is 42.0 cm³/mol. The third kappa shape index (κ3) is 1.71. The Morgan fingerprint density at radius 3 is 2.73 bits per heavy atom. The van der Waals surface area contributed by atoms with Crippen LogP contribution in [0.1, 0.15) is 0 Å². The van der Waals surface area contributed by atoms with Crippen LogP contribution in [0.3, 0.4) is 0 Å². The lowest BCUT2D eigenvalue weighted by molar-refractivity contribution is 0.411. The molecule has 0 unspecified atom stereocenters. The lowest BCUT2D eigenvalue weighted by Crippen LogP contribution is -2.17. The molecule has 1 aromatic rings. The minimum absolute atomic E-state index is 0.282. The summed E-state index contributed by atoms with van der Waals surface area (Å²) in [4.78, 5) is 0. The number of ether oxygens (including phenoxy) is 1. The van der Waals surface area contributed by atoms with Gasteiger partial charge in [0.1, 0.15) is 11.6 Å². The Kier molecular flexibility index (Phi) is 2.49. The standard InChI is InChI=1S/C7H8BFO2/c1-11-5-2-3-6(8-10)7(9)4-5/h2-4,8,10H,1H3. The molecule has 11 heavy (non-hydrogen) atoms. The van der Waals surface area contributed by atoms with Crippen molar-refractivity contribution in [1.82, 2.24) is 0 Å². The van der Waals surface area contributed by atoms with E-state index in [0.29, 0.717) is 5.75 Å². The van der Waals surface area contributed by atoms with E-state index in [-0.39, 0.29) is 12.9 Å². The first-order valence-corrected chi connectivity index (χ1v) is 3.21. The largest absolute Gasteiger partial charge is 0.497 e. The number of hydrogen-bond donors (Lipinski definition) is 1. The highest BCUT2D eigenvalue weighted by Crippen LogP contribution is 2.08. The maximum Gasteiger partial charge on any atom is 0.307 e. The van der Waals surface area contributed by atoms with Crippen LogP contribution in [-0.4, -0.2) is 19.6 Å². The molecule has 0 fully saturated rings. The van der Waals surface area contributed by atoms with Crippen molar-refractivity contribution in [2.45, 2.75) is 0 Å². The molecule has 1 N–H and O–H groups in total. The molecule has 0 aromatic heterocycles. The van der Waals surface area contributed by atoms with Gasteiger partial charge in [-0.15, -0.1) is 0 Å². The first-order valence-electron chi connectivity index (χ1n) is 3.21. The maximum absolute atomic E-state index is 12.8. The van der Waals surface area contributed by atoms with E-state index in [1.807, 2.05) is 0 Å². The van der Waals surface area contributed by atoms with Crippen LogP contribution in [0.4, 0.5) is 4.39 Å². The number of halogens is 1. The normalized spacial score (nSPS) is 9.36. The molecule has 0 aliphatic heterocycles. The predicted octanol–water partition coefficient (Wildman–Crippen LogP) is -0.197. The molecule has 0 spiro atoms. The van der Waals surface area contributed by atoms with Gasteiger partial charge in [-0.2, -0.15) is 0 Å². The average molecular weight is 154 g/mol. The molecule has 0 atom stereocenters. The molecule has 0 bridgehead atoms. The third-order valence-electron chi connectivity index (χ3n) is 1.43. The van der Waals surface area contributed by atoms with Crippen LogP contribution in [0.5, 0.6) is 5.75 Å². The first-order chi connectivity index (χ1) is 5.27. The molecule has 2 nitrogen and oxygen atoms in total. The Labute approximate surface area is 64.9 Å². The van der Waals surface area contributed by atoms with E-state index in [2.05, 4.69) is 0 Å². The zero-order valence-corrected chi connectivity index (χ0v) is 6.17. The zero-order valence-electron chi connectivity index (χ0n) is 6.17. The lowest BCUT2D eigenvalue weighted by Gasteiger charge is -2.01. The molecule has 0 radical (unpaired) electrons. The van der Waals surface area contributed by atoms with Crippen LogP contribution in [0, 0.1) is 5.82 Å². The average Bonchev–Trinajstić information content (AvgIpc) is 2.04. The van der Waals surface area contributed by atoms with Crippen LogP contribution >= 0.6 is 0 Å². The molecular weight excluding hydrogens is 146 g/mol. The summed E-state index contributed by atoms with van der Waals surface area (Å²) in [5, 5.41) is 8.60. The third-order valence-corrected chi connectivity index (χ3v) is 1.43. The Morgan fingerprint density at radius 2 is 2.27 bits per heavy atom. The quantitative estimate of drug-likeness (QED) is 0.598. The molecule has 0 aliphatic carbocycles. The molecule has 58 valence electrons. The van der Waals surface area contributed by atoms with E-state index in [4.69, 9.17) is 9.76 Å². The van der Waals surface area contributed by atoms with E-state index >= 15 is 0 Å². The summed E-state index contributed by atoms with van der Waals surface area (Å²) in [6.07, 6.45) is 0. The summed E-state index contributed by atoms with van der Waals surface area (Å²) in [6.45, 7) is 0. The molecule has 0 amide bonds. The van der Waals surface area contributed by atoms with E-state index in [0.717, 1.165) is 0 Å². The van der Waals surface area contributed by atoms with Crippen molar-refractivity contribution >= 4 is 12.9 Å². The number of hydrogen-bond acceptors (Lipinski definition) is 2. The molecule has 4 heteroatoms. The van der Waals surface area contributed by atoms with Crippen LogP contribution in [0.2, 0.25) is 0 Å². The van der Waals surface area contributed by atoms with Crippen molar-refractivity contribution in [2.24, 2.45) is 0 Å². The van der Waals surface area contributed by atoms with E-state index in [1.54, 1.807) is 6.07 Å². The summed E-state index contributed by atoms with van der Waals surface area (Å²) in [5.74, 6) is 0.0200. The van der Waals surface area contributed by atoms with Crippen molar-refractivity contribution in [3.05, 3.63) is 24.0 Å². The van der Waals surface area contributed by atoms with Gasteiger partial charge in [-0.3, -0.25) is 0 Å². The Morgan fingerprint density at radius 1 is 1.55 bits per heavy atom. The molecule has 0 aliphatic rings. The van der Waals surface area contributed by atoms with E-state index in [1.165, 1.54) is 19.2 Å². The van der Waals surface area contributed by atoms with Gasteiger partial charge >= 0.3 is 7.48 Å². The van der Waals surface area contributed by atoms with Crippen molar-refractivity contribution in [1.29, 1.82) is 0 Å². The number of benzene rings is 1. The molecule has 1 aromatic carbocycles. The van der Waals surface area contributed by atoms with Crippen LogP contribution in [0.25, 0.3) is 0 Å². The number of rotatable bonds is 2. The fraction of sp³-hybridized carbons (Fsp3) is 0.143. The molecule has 0 saturated heterocycles. The minimum Gasteiger partial charge on any atom is -0.497 e. The van der Waals surface area contributed by atoms with Crippen LogP contribution < -0.4 is 10.2 Å². The van der Waals surface area contributed by atoms with Gasteiger partial charge in [0.15, 0.2) is 0 Å². The summed E-state index contributed by atoms with van der Waals surface area (Å²) in [7, 11) is 1.18. The summed E-state index contributed by atoms with van der Waals surface area (Å²) < 4.78 is 17.6. The highest BCUT2D eigenvalue weighted by atomic mass is 19.1. The van der Waals surface area contributed by atoms with Gasteiger partial charge in [-0.1, -0.05) is 6.07 Å². The van der Waals surface area contributed by atoms with Gasteiger partial charge in [0.05, 0.1) is 7.11 Å². The summed E-state index contributed by atoms with van der Waals surface area (Å²) in [5.41, 5.74) is 0.283. The van der Waals surface area contributed by atoms with Crippen molar-refractivity contribution in [2.75, 3.05) is 7.11 Å². The lowest BCUT2D eigenvalue weighted by atomic mass is 9.88. The highest BCUT2D eigenvalue weighted by Gasteiger charge is 2.02. The maximum atomic E-state index is 12.8. The minimum atomic E-state index is -0.438. The molecule has 0 saturated carbocycles. The molecule has 0 heterocycles. The molecule has 1 rings (SSSR count). The van der Waals surface area contributed by atoms with Crippen molar-refractivity contribution in [3.63, 3.8) is 0 Å². The summed E-state index contributed by atoms with van der Waals surface area (Å²) in [6, 6.07) is 4.34. The Balaban J connectivity index is 2.99. The van der Waals surface area contributed by atoms with Gasteiger partial charge in [-0.05, 0) is 11.5 Å². The smallest absolute Gasteiger partial charge is 0.307 e. The second-order valence-corrected chi connectivity index (χ2v) is 2.12. The fourth-order valence-corrected chi connectivity index (χ4v) is 0.783. The van der Waals surface area contributed by atoms with Gasteiger partial charge in [0, 0.05) is 6.07 Å². The first kappa shape index (κ1) is 8.08. The van der Waals surface area contributed by atoms with Crippen LogP contribution in [0.15, 0.2) is 18.2 Å². The van der Waals surface area contributed by atoms with Gasteiger partial charge in [0.25, 0.3) is 0 Å². The fourth-order valence-electron chi connectivity index (χ4n) is 0.783. The van der Waals surface area contributed by atoms with Gasteiger partial charge < -0.3 is 9.76 Å². The Bertz CT molecular complexity index is 252. The second-order valence-electron chi connectivity index (χ2n) is 2.12. The molecular formula is C7H8BFO2. The van der Waals surface area contributed by atoms with Gasteiger partial charge in [0.2, 0.25) is 0 Å². The zero-order chi connectivity index (χ0) is 8.27. The van der Waals surface area contributed by atoms with E-state index < -0.39 is 5.82 Å². The summed E-state index contributed by atoms with van der Waals surface area (Å²) >= 11 is 0.